The predicted molar refractivity (Wildman–Crippen MR) is 90.7 cm³/mol. The predicted octanol–water partition coefficient (Wildman–Crippen LogP) is 4.64. The second kappa shape index (κ2) is 6.21. The first-order valence-electron chi connectivity index (χ1n) is 8.17. The minimum atomic E-state index is -0.224. The summed E-state index contributed by atoms with van der Waals surface area (Å²) in [5.74, 6) is -0.447. The minimum Gasteiger partial charge on any atom is -0.320 e. The number of nitrogens with one attached hydrogen (secondary N) is 2. The maximum atomic E-state index is 13.2. The Kier molecular flexibility index (Phi) is 3.90. The van der Waals surface area contributed by atoms with Crippen LogP contribution in [0.25, 0.3) is 6.08 Å². The molecule has 0 saturated carbocycles. The van der Waals surface area contributed by atoms with Crippen LogP contribution in [0.15, 0.2) is 65.4 Å². The lowest BCUT2D eigenvalue weighted by Crippen LogP contribution is -2.27. The average molecular weight is 324 g/mol. The molecule has 0 aromatic heterocycles. The van der Waals surface area contributed by atoms with E-state index in [0.29, 0.717) is 0 Å². The minimum absolute atomic E-state index is 0.0671. The number of hydrogen-bond acceptors (Lipinski definition) is 2. The van der Waals surface area contributed by atoms with Gasteiger partial charge in [0.25, 0.3) is 0 Å². The van der Waals surface area contributed by atoms with Gasteiger partial charge in [0.1, 0.15) is 11.6 Å². The zero-order valence-electron chi connectivity index (χ0n) is 13.2. The summed E-state index contributed by atoms with van der Waals surface area (Å²) >= 11 is 0. The highest BCUT2D eigenvalue weighted by molar-refractivity contribution is 5.61. The van der Waals surface area contributed by atoms with E-state index in [1.807, 2.05) is 12.1 Å². The van der Waals surface area contributed by atoms with Gasteiger partial charge in [0.15, 0.2) is 0 Å². The van der Waals surface area contributed by atoms with E-state index in [-0.39, 0.29) is 17.7 Å². The summed E-state index contributed by atoms with van der Waals surface area (Å²) in [6.45, 7) is 0. The smallest absolute Gasteiger partial charge is 0.123 e. The average Bonchev–Trinajstić information content (AvgIpc) is 3.03. The Balaban J connectivity index is 1.67. The molecule has 122 valence electrons. The highest BCUT2D eigenvalue weighted by Gasteiger charge is 2.30. The van der Waals surface area contributed by atoms with Crippen LogP contribution >= 0.6 is 0 Å². The van der Waals surface area contributed by atoms with Crippen molar-refractivity contribution in [2.24, 2.45) is 0 Å². The lowest BCUT2D eigenvalue weighted by Gasteiger charge is -2.19. The van der Waals surface area contributed by atoms with Crippen molar-refractivity contribution >= 4 is 6.08 Å². The Morgan fingerprint density at radius 1 is 0.875 bits per heavy atom. The monoisotopic (exact) mass is 324 g/mol. The first-order valence-corrected chi connectivity index (χ1v) is 8.17. The van der Waals surface area contributed by atoms with E-state index in [4.69, 9.17) is 0 Å². The first kappa shape index (κ1) is 15.1. The molecule has 0 saturated heterocycles. The van der Waals surface area contributed by atoms with Gasteiger partial charge >= 0.3 is 0 Å². The zero-order valence-corrected chi connectivity index (χ0v) is 13.2. The standard InChI is InChI=1S/C20H18F2N2/c21-16-8-4-13(5-9-16)12-15-2-1-3-18-19(23-24-20(15)18)14-6-10-17(22)11-7-14/h4-12,19,23-24H,1-3H2/b15-12+/t19-/m0/s1. The van der Waals surface area contributed by atoms with Crippen LogP contribution < -0.4 is 10.9 Å². The highest BCUT2D eigenvalue weighted by atomic mass is 19.1. The van der Waals surface area contributed by atoms with Crippen molar-refractivity contribution in [3.63, 3.8) is 0 Å². The number of benzene rings is 2. The molecule has 1 aliphatic heterocycles. The van der Waals surface area contributed by atoms with E-state index in [1.165, 1.54) is 35.4 Å². The van der Waals surface area contributed by atoms with Gasteiger partial charge in [0.05, 0.1) is 11.7 Å². The second-order valence-corrected chi connectivity index (χ2v) is 6.23. The van der Waals surface area contributed by atoms with Gasteiger partial charge < -0.3 is 5.43 Å². The number of rotatable bonds is 2. The lowest BCUT2D eigenvalue weighted by atomic mass is 9.86. The van der Waals surface area contributed by atoms with Crippen molar-refractivity contribution in [2.75, 3.05) is 0 Å². The third-order valence-electron chi connectivity index (χ3n) is 4.64. The third kappa shape index (κ3) is 2.85. The van der Waals surface area contributed by atoms with E-state index in [1.54, 1.807) is 12.1 Å². The molecule has 0 unspecified atom stereocenters. The fourth-order valence-electron chi connectivity index (χ4n) is 3.45. The Labute approximate surface area is 139 Å². The molecular formula is C20H18F2N2. The van der Waals surface area contributed by atoms with Crippen LogP contribution in [0.5, 0.6) is 0 Å². The molecule has 4 heteroatoms. The molecule has 0 amide bonds. The highest BCUT2D eigenvalue weighted by Crippen LogP contribution is 2.39. The number of allylic oxidation sites excluding steroid dienone is 1. The quantitative estimate of drug-likeness (QED) is 0.841. The molecule has 24 heavy (non-hydrogen) atoms. The molecule has 0 radical (unpaired) electrons. The van der Waals surface area contributed by atoms with Gasteiger partial charge in [-0.3, -0.25) is 0 Å². The molecule has 1 aliphatic carbocycles. The summed E-state index contributed by atoms with van der Waals surface area (Å²) in [6.07, 6.45) is 5.18. The van der Waals surface area contributed by atoms with Crippen LogP contribution in [-0.4, -0.2) is 0 Å². The molecule has 0 fully saturated rings. The van der Waals surface area contributed by atoms with Gasteiger partial charge in [-0.1, -0.05) is 24.3 Å². The molecule has 2 aromatic carbocycles. The molecular weight excluding hydrogens is 306 g/mol. The van der Waals surface area contributed by atoms with Crippen LogP contribution in [0, 0.1) is 11.6 Å². The van der Waals surface area contributed by atoms with E-state index in [9.17, 15) is 8.78 Å². The van der Waals surface area contributed by atoms with Gasteiger partial charge in [0, 0.05) is 0 Å². The van der Waals surface area contributed by atoms with Gasteiger partial charge in [-0.25, -0.2) is 14.2 Å². The summed E-state index contributed by atoms with van der Waals surface area (Å²) in [7, 11) is 0. The van der Waals surface area contributed by atoms with Crippen molar-refractivity contribution in [3.05, 3.63) is 88.1 Å². The van der Waals surface area contributed by atoms with Crippen LogP contribution in [0.1, 0.15) is 36.4 Å². The van der Waals surface area contributed by atoms with E-state index < -0.39 is 0 Å². The van der Waals surface area contributed by atoms with E-state index in [0.717, 1.165) is 36.1 Å². The van der Waals surface area contributed by atoms with Crippen molar-refractivity contribution in [1.29, 1.82) is 0 Å². The summed E-state index contributed by atoms with van der Waals surface area (Å²) in [4.78, 5) is 0. The largest absolute Gasteiger partial charge is 0.320 e. The van der Waals surface area contributed by atoms with Gasteiger partial charge in [0.2, 0.25) is 0 Å². The fraction of sp³-hybridized carbons (Fsp3) is 0.200. The van der Waals surface area contributed by atoms with Crippen LogP contribution in [0.4, 0.5) is 8.78 Å². The summed E-state index contributed by atoms with van der Waals surface area (Å²) < 4.78 is 26.2. The Bertz CT molecular complexity index is 805. The van der Waals surface area contributed by atoms with Crippen LogP contribution in [0.2, 0.25) is 0 Å². The maximum absolute atomic E-state index is 13.2. The molecule has 2 aliphatic rings. The van der Waals surface area contributed by atoms with Gasteiger partial charge in [-0.2, -0.15) is 0 Å². The van der Waals surface area contributed by atoms with Gasteiger partial charge in [-0.15, -0.1) is 0 Å². The molecule has 4 rings (SSSR count). The Morgan fingerprint density at radius 3 is 2.25 bits per heavy atom. The fourth-order valence-corrected chi connectivity index (χ4v) is 3.45. The van der Waals surface area contributed by atoms with Crippen LogP contribution in [-0.2, 0) is 0 Å². The Morgan fingerprint density at radius 2 is 1.54 bits per heavy atom. The maximum Gasteiger partial charge on any atom is 0.123 e. The van der Waals surface area contributed by atoms with Crippen molar-refractivity contribution in [2.45, 2.75) is 25.3 Å². The summed E-state index contributed by atoms with van der Waals surface area (Å²) in [5.41, 5.74) is 12.3. The number of hydrogen-bond donors (Lipinski definition) is 2. The van der Waals surface area contributed by atoms with Crippen LogP contribution in [0.3, 0.4) is 0 Å². The lowest BCUT2D eigenvalue weighted by molar-refractivity contribution is 0.580. The first-order chi connectivity index (χ1) is 11.7. The SMILES string of the molecule is Fc1ccc(/C=C2\CCCC3=C2NN[C@H]3c2ccc(F)cc2)cc1. The molecule has 2 aromatic rings. The molecule has 2 N–H and O–H groups in total. The Hall–Kier alpha value is -2.46. The van der Waals surface area contributed by atoms with Crippen molar-refractivity contribution in [1.82, 2.24) is 10.9 Å². The number of halogens is 2. The van der Waals surface area contributed by atoms with E-state index >= 15 is 0 Å². The normalized spacial score (nSPS) is 21.8. The topological polar surface area (TPSA) is 24.1 Å². The molecule has 1 heterocycles. The third-order valence-corrected chi connectivity index (χ3v) is 4.64. The van der Waals surface area contributed by atoms with Crippen molar-refractivity contribution in [3.8, 4) is 0 Å². The van der Waals surface area contributed by atoms with E-state index in [2.05, 4.69) is 16.9 Å². The molecule has 0 spiro atoms. The molecule has 2 nitrogen and oxygen atoms in total. The van der Waals surface area contributed by atoms with Gasteiger partial charge in [-0.05, 0) is 71.9 Å². The summed E-state index contributed by atoms with van der Waals surface area (Å²) in [5, 5.41) is 0. The number of hydrazine groups is 1. The summed E-state index contributed by atoms with van der Waals surface area (Å²) in [6, 6.07) is 13.2. The van der Waals surface area contributed by atoms with Crippen molar-refractivity contribution < 1.29 is 8.78 Å². The molecule has 0 bridgehead atoms. The second-order valence-electron chi connectivity index (χ2n) is 6.23. The zero-order chi connectivity index (χ0) is 16.5. The molecule has 1 atom stereocenters.